The highest BCUT2D eigenvalue weighted by Gasteiger charge is 2.09. The van der Waals surface area contributed by atoms with Crippen LogP contribution in [-0.2, 0) is 20.7 Å². The van der Waals surface area contributed by atoms with Crippen LogP contribution in [0, 0.1) is 11.3 Å². The average molecular weight is 301 g/mol. The molecule has 1 aromatic rings. The van der Waals surface area contributed by atoms with Gasteiger partial charge in [0.05, 0.1) is 18.8 Å². The summed E-state index contributed by atoms with van der Waals surface area (Å²) in [6.07, 6.45) is 2.77. The van der Waals surface area contributed by atoms with Crippen molar-refractivity contribution in [3.8, 4) is 6.07 Å². The van der Waals surface area contributed by atoms with Crippen molar-refractivity contribution in [1.29, 1.82) is 5.26 Å². The first-order valence-electron chi connectivity index (χ1n) is 7.15. The Labute approximate surface area is 130 Å². The van der Waals surface area contributed by atoms with E-state index in [-0.39, 0.29) is 18.1 Å². The maximum atomic E-state index is 11.5. The van der Waals surface area contributed by atoms with E-state index < -0.39 is 5.97 Å². The number of aryl methyl sites for hydroxylation is 1. The van der Waals surface area contributed by atoms with E-state index in [1.807, 2.05) is 18.2 Å². The number of esters is 2. The van der Waals surface area contributed by atoms with E-state index in [4.69, 9.17) is 14.7 Å². The molecule has 0 aliphatic rings. The molecule has 1 aromatic carbocycles. The molecule has 0 atom stereocenters. The summed E-state index contributed by atoms with van der Waals surface area (Å²) < 4.78 is 9.69. The van der Waals surface area contributed by atoms with Crippen molar-refractivity contribution in [1.82, 2.24) is 0 Å². The number of rotatable bonds is 7. The Morgan fingerprint density at radius 3 is 2.32 bits per heavy atom. The summed E-state index contributed by atoms with van der Waals surface area (Å²) in [6.45, 7) is 4.04. The Morgan fingerprint density at radius 1 is 1.14 bits per heavy atom. The number of nitriles is 1. The van der Waals surface area contributed by atoms with Gasteiger partial charge in [-0.15, -0.1) is 0 Å². The average Bonchev–Trinajstić information content (AvgIpc) is 2.52. The smallest absolute Gasteiger partial charge is 0.348 e. The van der Waals surface area contributed by atoms with Crippen molar-refractivity contribution in [2.24, 2.45) is 0 Å². The van der Waals surface area contributed by atoms with Crippen LogP contribution in [0.2, 0.25) is 0 Å². The van der Waals surface area contributed by atoms with E-state index in [9.17, 15) is 9.59 Å². The Kier molecular flexibility index (Phi) is 7.41. The van der Waals surface area contributed by atoms with Gasteiger partial charge in [-0.2, -0.15) is 5.26 Å². The molecule has 0 N–H and O–H groups in total. The van der Waals surface area contributed by atoms with Crippen molar-refractivity contribution in [3.05, 3.63) is 47.0 Å². The van der Waals surface area contributed by atoms with Gasteiger partial charge < -0.3 is 9.47 Å². The number of nitrogens with zero attached hydrogens (tertiary/aromatic N) is 1. The SMILES string of the molecule is CCOC(=O)/C(C#N)=C/CCc1ccc(C(=O)OCC)cc1. The first-order chi connectivity index (χ1) is 10.6. The molecule has 0 aliphatic carbocycles. The molecule has 0 saturated carbocycles. The quantitative estimate of drug-likeness (QED) is 0.440. The molecule has 116 valence electrons. The zero-order chi connectivity index (χ0) is 16.4. The molecule has 0 heterocycles. The van der Waals surface area contributed by atoms with Crippen molar-refractivity contribution in [2.45, 2.75) is 26.7 Å². The van der Waals surface area contributed by atoms with Gasteiger partial charge in [0, 0.05) is 0 Å². The highest BCUT2D eigenvalue weighted by molar-refractivity contribution is 5.92. The van der Waals surface area contributed by atoms with Gasteiger partial charge in [-0.3, -0.25) is 0 Å². The first-order valence-corrected chi connectivity index (χ1v) is 7.15. The number of carbonyl (C=O) groups is 2. The Bertz CT molecular complexity index is 582. The van der Waals surface area contributed by atoms with E-state index in [2.05, 4.69) is 0 Å². The normalized spacial score (nSPS) is 10.7. The topological polar surface area (TPSA) is 76.4 Å². The van der Waals surface area contributed by atoms with Crippen LogP contribution in [0.3, 0.4) is 0 Å². The molecular weight excluding hydrogens is 282 g/mol. The van der Waals surface area contributed by atoms with Crippen LogP contribution in [0.25, 0.3) is 0 Å². The second-order valence-corrected chi connectivity index (χ2v) is 4.41. The minimum absolute atomic E-state index is 0.0185. The zero-order valence-corrected chi connectivity index (χ0v) is 12.8. The van der Waals surface area contributed by atoms with Gasteiger partial charge in [0.2, 0.25) is 0 Å². The van der Waals surface area contributed by atoms with Crippen LogP contribution in [-0.4, -0.2) is 25.2 Å². The summed E-state index contributed by atoms with van der Waals surface area (Å²) in [7, 11) is 0. The van der Waals surface area contributed by atoms with Crippen molar-refractivity contribution in [2.75, 3.05) is 13.2 Å². The van der Waals surface area contributed by atoms with Crippen LogP contribution >= 0.6 is 0 Å². The molecule has 0 aromatic heterocycles. The zero-order valence-electron chi connectivity index (χ0n) is 12.8. The third kappa shape index (κ3) is 5.41. The number of carbonyl (C=O) groups excluding carboxylic acids is 2. The third-order valence-corrected chi connectivity index (χ3v) is 2.86. The minimum Gasteiger partial charge on any atom is -0.462 e. The number of hydrogen-bond donors (Lipinski definition) is 0. The summed E-state index contributed by atoms with van der Waals surface area (Å²) in [5, 5.41) is 8.90. The Hall–Kier alpha value is -2.61. The van der Waals surface area contributed by atoms with Gasteiger partial charge in [-0.05, 0) is 44.4 Å². The van der Waals surface area contributed by atoms with Gasteiger partial charge in [0.15, 0.2) is 0 Å². The lowest BCUT2D eigenvalue weighted by Gasteiger charge is -2.03. The number of allylic oxidation sites excluding steroid dienone is 1. The van der Waals surface area contributed by atoms with E-state index >= 15 is 0 Å². The lowest BCUT2D eigenvalue weighted by Crippen LogP contribution is -2.06. The second-order valence-electron chi connectivity index (χ2n) is 4.41. The first kappa shape index (κ1) is 17.4. The highest BCUT2D eigenvalue weighted by Crippen LogP contribution is 2.09. The summed E-state index contributed by atoms with van der Waals surface area (Å²) in [5.74, 6) is -0.939. The Morgan fingerprint density at radius 2 is 1.77 bits per heavy atom. The van der Waals surface area contributed by atoms with E-state index in [0.717, 1.165) is 5.56 Å². The molecule has 0 radical (unpaired) electrons. The molecule has 0 spiro atoms. The van der Waals surface area contributed by atoms with Gasteiger partial charge in [0.1, 0.15) is 11.6 Å². The molecule has 5 heteroatoms. The maximum Gasteiger partial charge on any atom is 0.348 e. The molecular formula is C17H19NO4. The highest BCUT2D eigenvalue weighted by atomic mass is 16.5. The number of ether oxygens (including phenoxy) is 2. The van der Waals surface area contributed by atoms with Gasteiger partial charge in [-0.25, -0.2) is 9.59 Å². The number of benzene rings is 1. The van der Waals surface area contributed by atoms with Crippen LogP contribution < -0.4 is 0 Å². The van der Waals surface area contributed by atoms with Gasteiger partial charge in [0.25, 0.3) is 0 Å². The third-order valence-electron chi connectivity index (χ3n) is 2.86. The van der Waals surface area contributed by atoms with E-state index in [0.29, 0.717) is 25.0 Å². The van der Waals surface area contributed by atoms with Crippen LogP contribution in [0.4, 0.5) is 0 Å². The molecule has 0 bridgehead atoms. The monoisotopic (exact) mass is 301 g/mol. The van der Waals surface area contributed by atoms with Gasteiger partial charge >= 0.3 is 11.9 Å². The summed E-state index contributed by atoms with van der Waals surface area (Å²) in [6, 6.07) is 8.90. The predicted molar refractivity (Wildman–Crippen MR) is 81.0 cm³/mol. The second kappa shape index (κ2) is 9.35. The molecule has 0 aliphatic heterocycles. The van der Waals surface area contributed by atoms with E-state index in [1.165, 1.54) is 0 Å². The molecule has 0 unspecified atom stereocenters. The summed E-state index contributed by atoms with van der Waals surface area (Å²) in [5.41, 5.74) is 1.53. The van der Waals surface area contributed by atoms with Crippen LogP contribution in [0.1, 0.15) is 36.2 Å². The fourth-order valence-corrected chi connectivity index (χ4v) is 1.79. The summed E-state index contributed by atoms with van der Waals surface area (Å²) >= 11 is 0. The summed E-state index contributed by atoms with van der Waals surface area (Å²) in [4.78, 5) is 22.9. The molecule has 0 fully saturated rings. The largest absolute Gasteiger partial charge is 0.462 e. The lowest BCUT2D eigenvalue weighted by atomic mass is 10.1. The minimum atomic E-state index is -0.595. The van der Waals surface area contributed by atoms with Crippen molar-refractivity contribution < 1.29 is 19.1 Å². The fraction of sp³-hybridized carbons (Fsp3) is 0.353. The van der Waals surface area contributed by atoms with Gasteiger partial charge in [-0.1, -0.05) is 18.2 Å². The lowest BCUT2D eigenvalue weighted by molar-refractivity contribution is -0.138. The van der Waals surface area contributed by atoms with Crippen molar-refractivity contribution in [3.63, 3.8) is 0 Å². The molecule has 22 heavy (non-hydrogen) atoms. The predicted octanol–water partition coefficient (Wildman–Crippen LogP) is 2.81. The van der Waals surface area contributed by atoms with E-state index in [1.54, 1.807) is 32.1 Å². The van der Waals surface area contributed by atoms with Crippen LogP contribution in [0.15, 0.2) is 35.9 Å². The molecule has 0 saturated heterocycles. The fourth-order valence-electron chi connectivity index (χ4n) is 1.79. The molecule has 1 rings (SSSR count). The standard InChI is InChI=1S/C17H19NO4/c1-3-21-16(19)14-10-8-13(9-11-14)6-5-7-15(12-18)17(20)22-4-2/h7-11H,3-6H2,1-2H3/b15-7+. The molecule has 0 amide bonds. The molecule has 5 nitrogen and oxygen atoms in total. The Balaban J connectivity index is 2.60. The number of hydrogen-bond acceptors (Lipinski definition) is 5. The maximum absolute atomic E-state index is 11.5. The van der Waals surface area contributed by atoms with Crippen LogP contribution in [0.5, 0.6) is 0 Å². The van der Waals surface area contributed by atoms with Crippen molar-refractivity contribution >= 4 is 11.9 Å².